The molecule has 0 bridgehead atoms. The molecule has 1 aliphatic rings. The number of carboxylic acid groups (broad SMARTS) is 1. The smallest absolute Gasteiger partial charge is 0.330 e. The molecule has 1 fully saturated rings. The van der Waals surface area contributed by atoms with Gasteiger partial charge in [-0.25, -0.2) is 9.59 Å². The van der Waals surface area contributed by atoms with Crippen LogP contribution in [0.2, 0.25) is 0 Å². The second-order valence-corrected chi connectivity index (χ2v) is 6.26. The van der Waals surface area contributed by atoms with Crippen LogP contribution in [-0.4, -0.2) is 29.2 Å². The largest absolute Gasteiger partial charge is 0.479 e. The lowest BCUT2D eigenvalue weighted by molar-refractivity contribution is -0.151. The first-order valence-electron chi connectivity index (χ1n) is 7.63. The van der Waals surface area contributed by atoms with E-state index >= 15 is 0 Å². The normalized spacial score (nSPS) is 31.4. The number of rotatable bonds is 5. The van der Waals surface area contributed by atoms with Crippen LogP contribution in [0.3, 0.4) is 0 Å². The zero-order valence-corrected chi connectivity index (χ0v) is 13.0. The summed E-state index contributed by atoms with van der Waals surface area (Å²) in [5.41, 5.74) is -1.14. The molecule has 116 valence electrons. The predicted octanol–water partition coefficient (Wildman–Crippen LogP) is 2.61. The van der Waals surface area contributed by atoms with Crippen molar-refractivity contribution >= 4 is 12.0 Å². The molecule has 0 radical (unpaired) electrons. The zero-order chi connectivity index (χ0) is 15.3. The monoisotopic (exact) mass is 284 g/mol. The summed E-state index contributed by atoms with van der Waals surface area (Å²) in [4.78, 5) is 23.8. The molecule has 0 aromatic carbocycles. The molecule has 0 heterocycles. The number of carboxylic acids is 1. The fourth-order valence-electron chi connectivity index (χ4n) is 3.04. The van der Waals surface area contributed by atoms with Crippen LogP contribution in [-0.2, 0) is 4.79 Å². The number of amides is 2. The van der Waals surface area contributed by atoms with Crippen molar-refractivity contribution in [2.24, 2.45) is 17.8 Å². The Morgan fingerprint density at radius 3 is 2.30 bits per heavy atom. The van der Waals surface area contributed by atoms with Gasteiger partial charge in [0.2, 0.25) is 0 Å². The molecule has 3 N–H and O–H groups in total. The number of aliphatic carboxylic acids is 1. The molecule has 0 aromatic rings. The van der Waals surface area contributed by atoms with E-state index in [4.69, 9.17) is 0 Å². The highest BCUT2D eigenvalue weighted by Gasteiger charge is 2.51. The molecule has 3 atom stereocenters. The fraction of sp³-hybridized carbons (Fsp3) is 0.867. The highest BCUT2D eigenvalue weighted by atomic mass is 16.4. The van der Waals surface area contributed by atoms with Gasteiger partial charge in [0.1, 0.15) is 5.54 Å². The average Bonchev–Trinajstić information content (AvgIpc) is 2.40. The van der Waals surface area contributed by atoms with Crippen LogP contribution in [0.1, 0.15) is 53.4 Å². The Balaban J connectivity index is 2.76. The molecule has 0 saturated heterocycles. The lowest BCUT2D eigenvalue weighted by Gasteiger charge is -2.44. The summed E-state index contributed by atoms with van der Waals surface area (Å²) in [6, 6.07) is -0.367. The van der Waals surface area contributed by atoms with Gasteiger partial charge < -0.3 is 15.7 Å². The maximum Gasteiger partial charge on any atom is 0.330 e. The van der Waals surface area contributed by atoms with Crippen LogP contribution >= 0.6 is 0 Å². The third kappa shape index (κ3) is 3.44. The first-order valence-corrected chi connectivity index (χ1v) is 7.63. The van der Waals surface area contributed by atoms with E-state index in [1.165, 1.54) is 0 Å². The second-order valence-electron chi connectivity index (χ2n) is 6.26. The second kappa shape index (κ2) is 6.95. The van der Waals surface area contributed by atoms with Crippen molar-refractivity contribution in [2.75, 3.05) is 6.54 Å². The average molecular weight is 284 g/mol. The van der Waals surface area contributed by atoms with Gasteiger partial charge in [-0.15, -0.1) is 0 Å². The topological polar surface area (TPSA) is 78.4 Å². The predicted molar refractivity (Wildman–Crippen MR) is 78.5 cm³/mol. The molecule has 0 spiro atoms. The number of urea groups is 1. The first-order chi connectivity index (χ1) is 9.34. The highest BCUT2D eigenvalue weighted by Crippen LogP contribution is 2.38. The molecule has 20 heavy (non-hydrogen) atoms. The molecule has 0 aliphatic heterocycles. The molecular weight excluding hydrogens is 256 g/mol. The van der Waals surface area contributed by atoms with Crippen molar-refractivity contribution in [3.8, 4) is 0 Å². The molecule has 0 aromatic heterocycles. The van der Waals surface area contributed by atoms with Gasteiger partial charge in [-0.3, -0.25) is 0 Å². The zero-order valence-electron chi connectivity index (χ0n) is 13.0. The third-order valence-corrected chi connectivity index (χ3v) is 4.81. The van der Waals surface area contributed by atoms with E-state index in [0.29, 0.717) is 12.5 Å². The maximum absolute atomic E-state index is 12.0. The van der Waals surface area contributed by atoms with E-state index in [0.717, 1.165) is 25.7 Å². The molecule has 5 nitrogen and oxygen atoms in total. The Labute approximate surface area is 121 Å². The Hall–Kier alpha value is -1.26. The van der Waals surface area contributed by atoms with Crippen molar-refractivity contribution < 1.29 is 14.7 Å². The highest BCUT2D eigenvalue weighted by molar-refractivity contribution is 5.87. The summed E-state index contributed by atoms with van der Waals surface area (Å²) in [6.45, 7) is 8.52. The maximum atomic E-state index is 12.0. The summed E-state index contributed by atoms with van der Waals surface area (Å²) in [6.07, 6.45) is 3.68. The number of hydrogen-bond acceptors (Lipinski definition) is 2. The van der Waals surface area contributed by atoms with Crippen molar-refractivity contribution in [1.29, 1.82) is 0 Å². The molecule has 5 heteroatoms. The van der Waals surface area contributed by atoms with Crippen LogP contribution in [0.15, 0.2) is 0 Å². The van der Waals surface area contributed by atoms with Gasteiger partial charge in [-0.2, -0.15) is 0 Å². The summed E-state index contributed by atoms with van der Waals surface area (Å²) in [5.74, 6) is -0.644. The van der Waals surface area contributed by atoms with Gasteiger partial charge in [0, 0.05) is 6.54 Å². The van der Waals surface area contributed by atoms with E-state index in [9.17, 15) is 14.7 Å². The van der Waals surface area contributed by atoms with Crippen LogP contribution in [0, 0.1) is 17.8 Å². The minimum Gasteiger partial charge on any atom is -0.479 e. The quantitative estimate of drug-likeness (QED) is 0.726. The standard InChI is InChI=1S/C15H28N2O3/c1-5-10(2)9-16-14(20)17-15(13(18)19)11(3)7-6-8-12(15)4/h10-12H,5-9H2,1-4H3,(H,18,19)(H2,16,17,20). The van der Waals surface area contributed by atoms with E-state index in [2.05, 4.69) is 24.5 Å². The lowest BCUT2D eigenvalue weighted by Crippen LogP contribution is -2.65. The number of carbonyl (C=O) groups excluding carboxylic acids is 1. The van der Waals surface area contributed by atoms with E-state index in [1.807, 2.05) is 13.8 Å². The summed E-state index contributed by atoms with van der Waals surface area (Å²) < 4.78 is 0. The third-order valence-electron chi connectivity index (χ3n) is 4.81. The van der Waals surface area contributed by atoms with Crippen molar-refractivity contribution in [3.63, 3.8) is 0 Å². The minimum atomic E-state index is -1.14. The Bertz CT molecular complexity index is 347. The summed E-state index contributed by atoms with van der Waals surface area (Å²) in [7, 11) is 0. The van der Waals surface area contributed by atoms with E-state index in [-0.39, 0.29) is 17.9 Å². The van der Waals surface area contributed by atoms with Gasteiger partial charge in [-0.1, -0.05) is 40.5 Å². The van der Waals surface area contributed by atoms with Gasteiger partial charge in [-0.05, 0) is 30.6 Å². The SMILES string of the molecule is CCC(C)CNC(=O)NC1(C(=O)O)C(C)CCCC1C. The van der Waals surface area contributed by atoms with Gasteiger partial charge in [0.05, 0.1) is 0 Å². The number of carbonyl (C=O) groups is 2. The summed E-state index contributed by atoms with van der Waals surface area (Å²) in [5, 5.41) is 15.2. The van der Waals surface area contributed by atoms with Gasteiger partial charge >= 0.3 is 12.0 Å². The van der Waals surface area contributed by atoms with Gasteiger partial charge in [0.25, 0.3) is 0 Å². The molecule has 1 rings (SSSR count). The lowest BCUT2D eigenvalue weighted by atomic mass is 9.67. The molecule has 1 aliphatic carbocycles. The van der Waals surface area contributed by atoms with Gasteiger partial charge in [0.15, 0.2) is 0 Å². The minimum absolute atomic E-state index is 0.0573. The van der Waals surface area contributed by atoms with E-state index in [1.54, 1.807) is 0 Å². The molecule has 3 unspecified atom stereocenters. The molecular formula is C15H28N2O3. The Morgan fingerprint density at radius 2 is 1.85 bits per heavy atom. The molecule has 1 saturated carbocycles. The Kier molecular flexibility index (Phi) is 5.84. The number of hydrogen-bond donors (Lipinski definition) is 3. The molecule has 2 amide bonds. The van der Waals surface area contributed by atoms with Crippen LogP contribution in [0.5, 0.6) is 0 Å². The van der Waals surface area contributed by atoms with Crippen molar-refractivity contribution in [3.05, 3.63) is 0 Å². The fourth-order valence-corrected chi connectivity index (χ4v) is 3.04. The van der Waals surface area contributed by atoms with Crippen LogP contribution in [0.4, 0.5) is 4.79 Å². The van der Waals surface area contributed by atoms with E-state index < -0.39 is 11.5 Å². The van der Waals surface area contributed by atoms with Crippen molar-refractivity contribution in [2.45, 2.75) is 58.9 Å². The Morgan fingerprint density at radius 1 is 1.30 bits per heavy atom. The van der Waals surface area contributed by atoms with Crippen LogP contribution in [0.25, 0.3) is 0 Å². The van der Waals surface area contributed by atoms with Crippen LogP contribution < -0.4 is 10.6 Å². The summed E-state index contributed by atoms with van der Waals surface area (Å²) >= 11 is 0. The number of nitrogens with one attached hydrogen (secondary N) is 2. The van der Waals surface area contributed by atoms with Crippen molar-refractivity contribution in [1.82, 2.24) is 10.6 Å². The first kappa shape index (κ1) is 16.8.